The molecule has 1 heterocycles. The smallest absolute Gasteiger partial charge is 0.274 e. The molecule has 0 radical (unpaired) electrons. The lowest BCUT2D eigenvalue weighted by Gasteiger charge is -2.22. The normalized spacial score (nSPS) is 10.8. The molecule has 6 heteroatoms. The van der Waals surface area contributed by atoms with Gasteiger partial charge in [-0.15, -0.1) is 11.3 Å². The van der Waals surface area contributed by atoms with Crippen LogP contribution in [-0.2, 0) is 4.79 Å². The van der Waals surface area contributed by atoms with Crippen LogP contribution < -0.4 is 5.73 Å². The monoisotopic (exact) mass is 331 g/mol. The lowest BCUT2D eigenvalue weighted by Crippen LogP contribution is -2.40. The Hall–Kier alpha value is -2.21. The molecular weight excluding hydrogens is 310 g/mol. The number of carbonyl (C=O) groups excluding carboxylic acids is 2. The summed E-state index contributed by atoms with van der Waals surface area (Å²) in [7, 11) is 0. The van der Waals surface area contributed by atoms with Crippen molar-refractivity contribution in [1.82, 2.24) is 9.88 Å². The van der Waals surface area contributed by atoms with Gasteiger partial charge in [0.15, 0.2) is 0 Å². The number of benzene rings is 1. The van der Waals surface area contributed by atoms with Gasteiger partial charge in [0, 0.05) is 6.54 Å². The van der Waals surface area contributed by atoms with Crippen LogP contribution in [0.15, 0.2) is 30.3 Å². The number of aromatic nitrogens is 1. The third kappa shape index (κ3) is 4.39. The van der Waals surface area contributed by atoms with Crippen LogP contribution in [0, 0.1) is 12.8 Å². The number of amides is 2. The molecule has 0 saturated heterocycles. The number of primary amides is 1. The number of carbonyl (C=O) groups is 2. The average molecular weight is 331 g/mol. The maximum atomic E-state index is 12.9. The Labute approximate surface area is 140 Å². The van der Waals surface area contributed by atoms with E-state index in [0.717, 1.165) is 15.4 Å². The van der Waals surface area contributed by atoms with Gasteiger partial charge in [0.2, 0.25) is 5.91 Å². The number of aryl methyl sites for hydroxylation is 1. The first-order valence-electron chi connectivity index (χ1n) is 7.49. The summed E-state index contributed by atoms with van der Waals surface area (Å²) >= 11 is 1.48. The van der Waals surface area contributed by atoms with E-state index in [9.17, 15) is 9.59 Å². The summed E-state index contributed by atoms with van der Waals surface area (Å²) < 4.78 is 0. The highest BCUT2D eigenvalue weighted by atomic mass is 32.1. The van der Waals surface area contributed by atoms with Crippen molar-refractivity contribution in [2.24, 2.45) is 11.7 Å². The molecule has 23 heavy (non-hydrogen) atoms. The molecule has 1 aromatic carbocycles. The third-order valence-corrected chi connectivity index (χ3v) is 4.21. The second-order valence-corrected chi connectivity index (χ2v) is 7.03. The van der Waals surface area contributed by atoms with E-state index in [1.807, 2.05) is 51.1 Å². The zero-order valence-electron chi connectivity index (χ0n) is 13.6. The Morgan fingerprint density at radius 2 is 1.91 bits per heavy atom. The number of rotatable bonds is 6. The molecule has 1 aromatic heterocycles. The van der Waals surface area contributed by atoms with Gasteiger partial charge in [-0.2, -0.15) is 0 Å². The molecule has 0 spiro atoms. The van der Waals surface area contributed by atoms with Crippen LogP contribution in [0.4, 0.5) is 0 Å². The maximum absolute atomic E-state index is 12.9. The second-order valence-electron chi connectivity index (χ2n) is 5.82. The Morgan fingerprint density at radius 3 is 2.48 bits per heavy atom. The molecule has 0 unspecified atom stereocenters. The molecule has 0 aliphatic heterocycles. The van der Waals surface area contributed by atoms with Crippen molar-refractivity contribution in [3.05, 3.63) is 41.0 Å². The maximum Gasteiger partial charge on any atom is 0.274 e. The van der Waals surface area contributed by atoms with Crippen LogP contribution in [0.25, 0.3) is 10.4 Å². The number of nitrogens with two attached hydrogens (primary N) is 1. The Bertz CT molecular complexity index is 695. The minimum atomic E-state index is -0.521. The van der Waals surface area contributed by atoms with Crippen molar-refractivity contribution in [2.75, 3.05) is 13.1 Å². The van der Waals surface area contributed by atoms with Gasteiger partial charge in [-0.05, 0) is 18.4 Å². The zero-order valence-corrected chi connectivity index (χ0v) is 14.4. The highest BCUT2D eigenvalue weighted by molar-refractivity contribution is 7.15. The number of hydrogen-bond acceptors (Lipinski definition) is 4. The summed E-state index contributed by atoms with van der Waals surface area (Å²) in [4.78, 5) is 30.9. The van der Waals surface area contributed by atoms with Gasteiger partial charge < -0.3 is 10.6 Å². The lowest BCUT2D eigenvalue weighted by atomic mass is 10.1. The molecule has 5 nitrogen and oxygen atoms in total. The first-order chi connectivity index (χ1) is 10.9. The van der Waals surface area contributed by atoms with E-state index in [1.54, 1.807) is 0 Å². The predicted octanol–water partition coefficient (Wildman–Crippen LogP) is 2.70. The molecule has 0 atom stereocenters. The molecule has 2 rings (SSSR count). The fourth-order valence-electron chi connectivity index (χ4n) is 2.36. The minimum Gasteiger partial charge on any atom is -0.368 e. The van der Waals surface area contributed by atoms with Crippen molar-refractivity contribution >= 4 is 23.2 Å². The van der Waals surface area contributed by atoms with Crippen molar-refractivity contribution in [1.29, 1.82) is 0 Å². The van der Waals surface area contributed by atoms with E-state index >= 15 is 0 Å². The van der Waals surface area contributed by atoms with E-state index in [4.69, 9.17) is 5.73 Å². The summed E-state index contributed by atoms with van der Waals surface area (Å²) in [6, 6.07) is 9.67. The lowest BCUT2D eigenvalue weighted by molar-refractivity contribution is -0.118. The van der Waals surface area contributed by atoms with E-state index in [2.05, 4.69) is 4.98 Å². The Balaban J connectivity index is 2.39. The van der Waals surface area contributed by atoms with Gasteiger partial charge in [-0.25, -0.2) is 4.98 Å². The van der Waals surface area contributed by atoms with Gasteiger partial charge in [0.05, 0.1) is 16.4 Å². The third-order valence-electron chi connectivity index (χ3n) is 3.19. The predicted molar refractivity (Wildman–Crippen MR) is 92.2 cm³/mol. The van der Waals surface area contributed by atoms with Crippen LogP contribution in [0.1, 0.15) is 29.3 Å². The molecule has 0 aliphatic rings. The zero-order chi connectivity index (χ0) is 17.0. The molecule has 0 saturated carbocycles. The van der Waals surface area contributed by atoms with Crippen molar-refractivity contribution in [3.63, 3.8) is 0 Å². The number of thiazole rings is 1. The van der Waals surface area contributed by atoms with Gasteiger partial charge in [-0.1, -0.05) is 44.2 Å². The van der Waals surface area contributed by atoms with Gasteiger partial charge >= 0.3 is 0 Å². The molecule has 2 N–H and O–H groups in total. The standard InChI is InChI=1S/C17H21N3O2S/c1-11(2)9-20(10-14(18)21)17(22)15-16(23-12(3)19-15)13-7-5-4-6-8-13/h4-8,11H,9-10H2,1-3H3,(H2,18,21). The quantitative estimate of drug-likeness (QED) is 0.884. The minimum absolute atomic E-state index is 0.0954. The summed E-state index contributed by atoms with van der Waals surface area (Å²) in [6.45, 7) is 6.22. The topological polar surface area (TPSA) is 76.3 Å². The molecule has 0 bridgehead atoms. The van der Waals surface area contributed by atoms with Crippen LogP contribution in [0.3, 0.4) is 0 Å². The summed E-state index contributed by atoms with van der Waals surface area (Å²) in [5, 5.41) is 0.816. The Kier molecular flexibility index (Phi) is 5.50. The van der Waals surface area contributed by atoms with Crippen molar-refractivity contribution in [2.45, 2.75) is 20.8 Å². The molecule has 0 aliphatic carbocycles. The fourth-order valence-corrected chi connectivity index (χ4v) is 3.27. The average Bonchev–Trinajstić information content (AvgIpc) is 2.87. The van der Waals surface area contributed by atoms with E-state index in [0.29, 0.717) is 12.2 Å². The first-order valence-corrected chi connectivity index (χ1v) is 8.30. The van der Waals surface area contributed by atoms with E-state index < -0.39 is 5.91 Å². The molecule has 0 fully saturated rings. The van der Waals surface area contributed by atoms with Crippen LogP contribution in [0.2, 0.25) is 0 Å². The van der Waals surface area contributed by atoms with Crippen molar-refractivity contribution in [3.8, 4) is 10.4 Å². The fraction of sp³-hybridized carbons (Fsp3) is 0.353. The van der Waals surface area contributed by atoms with Gasteiger partial charge in [0.25, 0.3) is 5.91 Å². The summed E-state index contributed by atoms with van der Waals surface area (Å²) in [5.41, 5.74) is 6.63. The van der Waals surface area contributed by atoms with Crippen LogP contribution in [-0.4, -0.2) is 34.8 Å². The molecule has 2 aromatic rings. The van der Waals surface area contributed by atoms with Crippen LogP contribution >= 0.6 is 11.3 Å². The number of nitrogens with zero attached hydrogens (tertiary/aromatic N) is 2. The van der Waals surface area contributed by atoms with Gasteiger partial charge in [-0.3, -0.25) is 9.59 Å². The number of hydrogen-bond donors (Lipinski definition) is 1. The highest BCUT2D eigenvalue weighted by Gasteiger charge is 2.25. The first kappa shape index (κ1) is 17.1. The van der Waals surface area contributed by atoms with Gasteiger partial charge in [0.1, 0.15) is 5.69 Å². The Morgan fingerprint density at radius 1 is 1.26 bits per heavy atom. The summed E-state index contributed by atoms with van der Waals surface area (Å²) in [5.74, 6) is -0.536. The van der Waals surface area contributed by atoms with E-state index in [1.165, 1.54) is 16.2 Å². The molecule has 122 valence electrons. The van der Waals surface area contributed by atoms with Crippen LogP contribution in [0.5, 0.6) is 0 Å². The highest BCUT2D eigenvalue weighted by Crippen LogP contribution is 2.30. The molecule has 2 amide bonds. The SMILES string of the molecule is Cc1nc(C(=O)N(CC(N)=O)CC(C)C)c(-c2ccccc2)s1. The molecular formula is C17H21N3O2S. The largest absolute Gasteiger partial charge is 0.368 e. The summed E-state index contributed by atoms with van der Waals surface area (Å²) in [6.07, 6.45) is 0. The van der Waals surface area contributed by atoms with E-state index in [-0.39, 0.29) is 18.4 Å². The van der Waals surface area contributed by atoms with Crippen molar-refractivity contribution < 1.29 is 9.59 Å². The second kappa shape index (κ2) is 7.37.